The maximum absolute atomic E-state index is 13.4. The number of amides is 1. The molecule has 1 fully saturated rings. The first-order valence-corrected chi connectivity index (χ1v) is 11.1. The monoisotopic (exact) mass is 488 g/mol. The molecule has 156 valence electrons. The number of thioether (sulfide) groups is 1. The molecule has 0 unspecified atom stereocenters. The molecular weight excluding hydrogens is 475 g/mol. The van der Waals surface area contributed by atoms with Crippen LogP contribution in [0.25, 0.3) is 6.08 Å². The van der Waals surface area contributed by atoms with Gasteiger partial charge in [0, 0.05) is 20.6 Å². The Hall–Kier alpha value is -2.44. The third-order valence-electron chi connectivity index (χ3n) is 4.42. The summed E-state index contributed by atoms with van der Waals surface area (Å²) in [6, 6.07) is 19.4. The third kappa shape index (κ3) is 4.91. The van der Waals surface area contributed by atoms with E-state index in [1.807, 2.05) is 0 Å². The highest BCUT2D eigenvalue weighted by atomic mass is 35.5. The number of halogens is 3. The number of hydrogen-bond donors (Lipinski definition) is 0. The first kappa shape index (κ1) is 21.8. The summed E-state index contributed by atoms with van der Waals surface area (Å²) >= 11 is 19.4. The minimum atomic E-state index is -0.206. The number of hydrogen-bond acceptors (Lipinski definition) is 4. The lowest BCUT2D eigenvalue weighted by Crippen LogP contribution is -2.28. The zero-order valence-electron chi connectivity index (χ0n) is 16.2. The smallest absolute Gasteiger partial charge is 0.271 e. The number of amidine groups is 1. The molecule has 0 spiro atoms. The Labute approximate surface area is 199 Å². The van der Waals surface area contributed by atoms with Crippen molar-refractivity contribution in [3.8, 4) is 5.75 Å². The SMILES string of the molecule is COc1ccc(Cl)cc1/C=C1\SC(=Nc2ccc(Cl)cc2)N(c2ccc(Cl)cc2)C1=O. The summed E-state index contributed by atoms with van der Waals surface area (Å²) < 4.78 is 5.41. The molecule has 1 heterocycles. The summed E-state index contributed by atoms with van der Waals surface area (Å²) in [5, 5.41) is 2.26. The molecule has 0 bridgehead atoms. The molecule has 0 aliphatic carbocycles. The lowest BCUT2D eigenvalue weighted by atomic mass is 10.2. The standard InChI is InChI=1S/C23H15Cl3N2O2S/c1-30-20-11-6-17(26)12-14(20)13-21-22(29)28(19-9-4-16(25)5-10-19)23(31-21)27-18-7-2-15(24)3-8-18/h2-13H,1H3/b21-13-,27-23?. The van der Waals surface area contributed by atoms with E-state index in [9.17, 15) is 4.79 Å². The number of ether oxygens (including phenoxy) is 1. The van der Waals surface area contributed by atoms with Gasteiger partial charge < -0.3 is 4.74 Å². The van der Waals surface area contributed by atoms with Crippen LogP contribution >= 0.6 is 46.6 Å². The summed E-state index contributed by atoms with van der Waals surface area (Å²) in [7, 11) is 1.57. The molecule has 1 aliphatic rings. The van der Waals surface area contributed by atoms with Crippen LogP contribution in [0.1, 0.15) is 5.56 Å². The van der Waals surface area contributed by atoms with Crippen LogP contribution in [-0.2, 0) is 4.79 Å². The van der Waals surface area contributed by atoms with Crippen molar-refractivity contribution in [3.63, 3.8) is 0 Å². The second kappa shape index (κ2) is 9.37. The number of rotatable bonds is 4. The van der Waals surface area contributed by atoms with Crippen molar-refractivity contribution in [2.75, 3.05) is 12.0 Å². The van der Waals surface area contributed by atoms with E-state index in [1.54, 1.807) is 84.8 Å². The number of nitrogens with zero attached hydrogens (tertiary/aromatic N) is 2. The topological polar surface area (TPSA) is 41.9 Å². The molecule has 4 nitrogen and oxygen atoms in total. The predicted octanol–water partition coefficient (Wildman–Crippen LogP) is 7.46. The highest BCUT2D eigenvalue weighted by Gasteiger charge is 2.35. The quantitative estimate of drug-likeness (QED) is 0.357. The molecule has 8 heteroatoms. The van der Waals surface area contributed by atoms with Crippen LogP contribution in [-0.4, -0.2) is 18.2 Å². The lowest BCUT2D eigenvalue weighted by molar-refractivity contribution is -0.113. The average molecular weight is 490 g/mol. The number of methoxy groups -OCH3 is 1. The van der Waals surface area contributed by atoms with Gasteiger partial charge in [-0.05, 0) is 84.6 Å². The molecule has 1 saturated heterocycles. The summed E-state index contributed by atoms with van der Waals surface area (Å²) in [4.78, 5) is 20.1. The molecule has 0 aromatic heterocycles. The Balaban J connectivity index is 1.79. The molecule has 31 heavy (non-hydrogen) atoms. The maximum Gasteiger partial charge on any atom is 0.271 e. The molecule has 4 rings (SSSR count). The van der Waals surface area contributed by atoms with E-state index in [2.05, 4.69) is 4.99 Å². The van der Waals surface area contributed by atoms with Gasteiger partial charge in [-0.15, -0.1) is 0 Å². The highest BCUT2D eigenvalue weighted by Crippen LogP contribution is 2.39. The Bertz CT molecular complexity index is 1190. The number of carbonyl (C=O) groups excluding carboxylic acids is 1. The van der Waals surface area contributed by atoms with Gasteiger partial charge in [-0.2, -0.15) is 0 Å². The fourth-order valence-electron chi connectivity index (χ4n) is 2.95. The van der Waals surface area contributed by atoms with Gasteiger partial charge in [0.1, 0.15) is 5.75 Å². The van der Waals surface area contributed by atoms with Crippen LogP contribution < -0.4 is 9.64 Å². The van der Waals surface area contributed by atoms with Crippen molar-refractivity contribution in [3.05, 3.63) is 92.3 Å². The molecule has 0 saturated carbocycles. The van der Waals surface area contributed by atoms with Gasteiger partial charge in [0.05, 0.1) is 23.4 Å². The molecule has 0 atom stereocenters. The van der Waals surface area contributed by atoms with Crippen molar-refractivity contribution < 1.29 is 9.53 Å². The minimum Gasteiger partial charge on any atom is -0.496 e. The largest absolute Gasteiger partial charge is 0.496 e. The van der Waals surface area contributed by atoms with Gasteiger partial charge in [-0.25, -0.2) is 4.99 Å². The van der Waals surface area contributed by atoms with Crippen LogP contribution in [0.3, 0.4) is 0 Å². The van der Waals surface area contributed by atoms with Gasteiger partial charge in [-0.3, -0.25) is 9.69 Å². The van der Waals surface area contributed by atoms with E-state index in [0.29, 0.717) is 47.8 Å². The minimum absolute atomic E-state index is 0.206. The molecule has 0 N–H and O–H groups in total. The molecular formula is C23H15Cl3N2O2S. The van der Waals surface area contributed by atoms with E-state index >= 15 is 0 Å². The number of aliphatic imine (C=N–C) groups is 1. The zero-order valence-corrected chi connectivity index (χ0v) is 19.3. The fourth-order valence-corrected chi connectivity index (χ4v) is 4.38. The summed E-state index contributed by atoms with van der Waals surface area (Å²) in [6.45, 7) is 0. The van der Waals surface area contributed by atoms with Crippen LogP contribution in [0, 0.1) is 0 Å². The summed E-state index contributed by atoms with van der Waals surface area (Å²) in [5.74, 6) is 0.411. The van der Waals surface area contributed by atoms with Crippen LogP contribution in [0.15, 0.2) is 76.6 Å². The Morgan fingerprint density at radius 2 is 1.52 bits per heavy atom. The second-order valence-corrected chi connectivity index (χ2v) is 8.80. The van der Waals surface area contributed by atoms with Crippen LogP contribution in [0.4, 0.5) is 11.4 Å². The first-order valence-electron chi connectivity index (χ1n) is 9.12. The first-order chi connectivity index (χ1) is 14.9. The van der Waals surface area contributed by atoms with E-state index in [1.165, 1.54) is 11.8 Å². The van der Waals surface area contributed by atoms with E-state index in [-0.39, 0.29) is 5.91 Å². The van der Waals surface area contributed by atoms with Gasteiger partial charge in [0.25, 0.3) is 5.91 Å². The molecule has 3 aromatic rings. The molecule has 3 aromatic carbocycles. The van der Waals surface area contributed by atoms with Crippen molar-refractivity contribution >= 4 is 75.1 Å². The fraction of sp³-hybridized carbons (Fsp3) is 0.0435. The Morgan fingerprint density at radius 3 is 2.16 bits per heavy atom. The molecule has 1 amide bonds. The van der Waals surface area contributed by atoms with Crippen molar-refractivity contribution in [1.82, 2.24) is 0 Å². The second-order valence-electron chi connectivity index (χ2n) is 6.48. The molecule has 1 aliphatic heterocycles. The van der Waals surface area contributed by atoms with Gasteiger partial charge >= 0.3 is 0 Å². The van der Waals surface area contributed by atoms with Crippen molar-refractivity contribution in [2.45, 2.75) is 0 Å². The average Bonchev–Trinajstić information content (AvgIpc) is 3.05. The van der Waals surface area contributed by atoms with Crippen molar-refractivity contribution in [1.29, 1.82) is 0 Å². The van der Waals surface area contributed by atoms with Gasteiger partial charge in [0.15, 0.2) is 5.17 Å². The van der Waals surface area contributed by atoms with Crippen LogP contribution in [0.2, 0.25) is 15.1 Å². The zero-order chi connectivity index (χ0) is 22.0. The number of anilines is 1. The highest BCUT2D eigenvalue weighted by molar-refractivity contribution is 8.19. The van der Waals surface area contributed by atoms with Gasteiger partial charge in [-0.1, -0.05) is 34.8 Å². The van der Waals surface area contributed by atoms with Crippen molar-refractivity contribution in [2.24, 2.45) is 4.99 Å². The summed E-state index contributed by atoms with van der Waals surface area (Å²) in [5.41, 5.74) is 2.05. The number of benzene rings is 3. The Kier molecular flexibility index (Phi) is 6.58. The maximum atomic E-state index is 13.4. The van der Waals surface area contributed by atoms with E-state index in [0.717, 1.165) is 0 Å². The predicted molar refractivity (Wildman–Crippen MR) is 131 cm³/mol. The third-order valence-corrected chi connectivity index (χ3v) is 6.13. The van der Waals surface area contributed by atoms with Crippen LogP contribution in [0.5, 0.6) is 5.75 Å². The number of carbonyl (C=O) groups is 1. The lowest BCUT2D eigenvalue weighted by Gasteiger charge is -2.15. The van der Waals surface area contributed by atoms with Gasteiger partial charge in [0.2, 0.25) is 0 Å². The summed E-state index contributed by atoms with van der Waals surface area (Å²) in [6.07, 6.45) is 1.75. The molecule has 0 radical (unpaired) electrons. The normalized spacial score (nSPS) is 16.4. The van der Waals surface area contributed by atoms with E-state index < -0.39 is 0 Å². The Morgan fingerprint density at radius 1 is 0.903 bits per heavy atom. The van der Waals surface area contributed by atoms with E-state index in [4.69, 9.17) is 39.5 Å².